The molecule has 6 nitrogen and oxygen atoms in total. The number of aromatic nitrogens is 2. The van der Waals surface area contributed by atoms with Gasteiger partial charge in [-0.3, -0.25) is 14.5 Å². The number of carbonyl (C=O) groups is 1. The monoisotopic (exact) mass is 463 g/mol. The summed E-state index contributed by atoms with van der Waals surface area (Å²) in [5.41, 5.74) is 2.21. The number of benzene rings is 2. The Hall–Kier alpha value is -3.39. The molecule has 1 amide bonds. The number of hydrogen-bond acceptors (Lipinski definition) is 6. The normalized spacial score (nSPS) is 15.6. The highest BCUT2D eigenvalue weighted by Crippen LogP contribution is 2.43. The molecule has 168 valence electrons. The van der Waals surface area contributed by atoms with E-state index in [1.165, 1.54) is 22.3 Å². The van der Waals surface area contributed by atoms with Crippen LogP contribution in [0.3, 0.4) is 0 Å². The molecule has 2 aromatic carbocycles. The first kappa shape index (κ1) is 21.5. The fraction of sp³-hybridized carbons (Fsp3) is 0.280. The third-order valence-electron chi connectivity index (χ3n) is 5.93. The van der Waals surface area contributed by atoms with E-state index in [1.54, 1.807) is 30.3 Å². The third-order valence-corrected chi connectivity index (χ3v) is 6.88. The van der Waals surface area contributed by atoms with Crippen LogP contribution in [0.2, 0.25) is 0 Å². The van der Waals surface area contributed by atoms with Crippen molar-refractivity contribution in [2.24, 2.45) is 5.92 Å². The van der Waals surface area contributed by atoms with Gasteiger partial charge in [0.15, 0.2) is 5.43 Å². The van der Waals surface area contributed by atoms with Gasteiger partial charge in [-0.15, -0.1) is 10.2 Å². The molecule has 0 unspecified atom stereocenters. The van der Waals surface area contributed by atoms with Crippen LogP contribution in [0.1, 0.15) is 57.7 Å². The van der Waals surface area contributed by atoms with Crippen LogP contribution in [0.4, 0.5) is 9.52 Å². The zero-order valence-electron chi connectivity index (χ0n) is 18.7. The average Bonchev–Trinajstić information content (AvgIpc) is 3.32. The SMILES string of the molecule is Cc1cc2oc3c(c(=O)c2cc1C)[C@H](c1ccccc1F)N(c1nnc(CC(C)C)s1)C3=O. The van der Waals surface area contributed by atoms with Gasteiger partial charge < -0.3 is 4.42 Å². The van der Waals surface area contributed by atoms with Crippen LogP contribution in [0, 0.1) is 25.6 Å². The van der Waals surface area contributed by atoms with Gasteiger partial charge in [0.25, 0.3) is 5.91 Å². The van der Waals surface area contributed by atoms with Gasteiger partial charge in [-0.25, -0.2) is 4.39 Å². The summed E-state index contributed by atoms with van der Waals surface area (Å²) >= 11 is 1.27. The van der Waals surface area contributed by atoms with E-state index in [0.717, 1.165) is 16.1 Å². The summed E-state index contributed by atoms with van der Waals surface area (Å²) in [6.07, 6.45) is 0.705. The highest BCUT2D eigenvalue weighted by Gasteiger charge is 2.46. The van der Waals surface area contributed by atoms with Crippen molar-refractivity contribution in [1.82, 2.24) is 10.2 Å². The summed E-state index contributed by atoms with van der Waals surface area (Å²) < 4.78 is 21.0. The molecule has 1 aliphatic heterocycles. The van der Waals surface area contributed by atoms with E-state index in [9.17, 15) is 14.0 Å². The molecular weight excluding hydrogens is 441 g/mol. The fourth-order valence-corrected chi connectivity index (χ4v) is 5.27. The predicted molar refractivity (Wildman–Crippen MR) is 125 cm³/mol. The van der Waals surface area contributed by atoms with Crippen LogP contribution in [0.25, 0.3) is 11.0 Å². The van der Waals surface area contributed by atoms with Crippen molar-refractivity contribution in [3.05, 3.63) is 85.5 Å². The van der Waals surface area contributed by atoms with E-state index < -0.39 is 17.8 Å². The van der Waals surface area contributed by atoms with Crippen molar-refractivity contribution in [3.8, 4) is 0 Å². The van der Waals surface area contributed by atoms with E-state index in [2.05, 4.69) is 24.0 Å². The lowest BCUT2D eigenvalue weighted by molar-refractivity contribution is 0.0970. The zero-order chi connectivity index (χ0) is 23.4. The highest BCUT2D eigenvalue weighted by molar-refractivity contribution is 7.15. The number of nitrogens with zero attached hydrogens (tertiary/aromatic N) is 3. The van der Waals surface area contributed by atoms with Crippen LogP contribution in [-0.2, 0) is 6.42 Å². The van der Waals surface area contributed by atoms with Crippen LogP contribution >= 0.6 is 11.3 Å². The fourth-order valence-electron chi connectivity index (χ4n) is 4.19. The predicted octanol–water partition coefficient (Wildman–Crippen LogP) is 5.35. The minimum absolute atomic E-state index is 0.0791. The highest BCUT2D eigenvalue weighted by atomic mass is 32.1. The Morgan fingerprint density at radius 3 is 2.58 bits per heavy atom. The first-order valence-electron chi connectivity index (χ1n) is 10.7. The Balaban J connectivity index is 1.77. The zero-order valence-corrected chi connectivity index (χ0v) is 19.5. The number of anilines is 1. The number of aryl methyl sites for hydroxylation is 2. The number of halogens is 1. The Labute approximate surface area is 193 Å². The summed E-state index contributed by atoms with van der Waals surface area (Å²) in [6, 6.07) is 8.67. The third kappa shape index (κ3) is 3.45. The Morgan fingerprint density at radius 2 is 1.85 bits per heavy atom. The summed E-state index contributed by atoms with van der Waals surface area (Å²) in [5, 5.41) is 9.89. The second-order valence-electron chi connectivity index (χ2n) is 8.78. The maximum Gasteiger partial charge on any atom is 0.297 e. The first-order valence-corrected chi connectivity index (χ1v) is 11.6. The molecule has 4 aromatic rings. The van der Waals surface area contributed by atoms with Gasteiger partial charge in [0.2, 0.25) is 10.9 Å². The summed E-state index contributed by atoms with van der Waals surface area (Å²) in [7, 11) is 0. The standard InChI is InChI=1S/C25H22FN3O3S/c1-12(2)9-19-27-28-25(33-19)29-21(15-7-5-6-8-17(15)26)20-22(30)16-10-13(3)14(4)11-18(16)32-23(20)24(29)31/h5-8,10-12,21H,9H2,1-4H3/t21-/m0/s1. The lowest BCUT2D eigenvalue weighted by Crippen LogP contribution is -2.30. The molecule has 0 spiro atoms. The number of carbonyl (C=O) groups excluding carboxylic acids is 1. The van der Waals surface area contributed by atoms with E-state index in [1.807, 2.05) is 13.8 Å². The van der Waals surface area contributed by atoms with Gasteiger partial charge in [-0.1, -0.05) is 43.4 Å². The molecule has 8 heteroatoms. The first-order chi connectivity index (χ1) is 15.8. The maximum absolute atomic E-state index is 15.0. The van der Waals surface area contributed by atoms with Crippen molar-refractivity contribution in [3.63, 3.8) is 0 Å². The second-order valence-corrected chi connectivity index (χ2v) is 9.82. The molecule has 1 aliphatic rings. The van der Waals surface area contributed by atoms with Crippen LogP contribution in [-0.4, -0.2) is 16.1 Å². The van der Waals surface area contributed by atoms with Gasteiger partial charge in [0, 0.05) is 12.0 Å². The number of rotatable bonds is 4. The van der Waals surface area contributed by atoms with E-state index in [4.69, 9.17) is 4.42 Å². The Morgan fingerprint density at radius 1 is 1.12 bits per heavy atom. The molecule has 0 saturated heterocycles. The van der Waals surface area contributed by atoms with Gasteiger partial charge in [-0.2, -0.15) is 0 Å². The smallest absolute Gasteiger partial charge is 0.297 e. The van der Waals surface area contributed by atoms with E-state index in [-0.39, 0.29) is 22.3 Å². The molecule has 0 aliphatic carbocycles. The molecular formula is C25H22FN3O3S. The topological polar surface area (TPSA) is 76.3 Å². The van der Waals surface area contributed by atoms with Crippen molar-refractivity contribution in [1.29, 1.82) is 0 Å². The molecule has 3 heterocycles. The van der Waals surface area contributed by atoms with Crippen molar-refractivity contribution < 1.29 is 13.6 Å². The van der Waals surface area contributed by atoms with Crippen molar-refractivity contribution in [2.45, 2.75) is 40.2 Å². The summed E-state index contributed by atoms with van der Waals surface area (Å²) in [6.45, 7) is 7.96. The Kier molecular flexibility index (Phi) is 5.12. The second kappa shape index (κ2) is 7.88. The lowest BCUT2D eigenvalue weighted by Gasteiger charge is -2.22. The van der Waals surface area contributed by atoms with Crippen LogP contribution < -0.4 is 10.3 Å². The molecule has 5 rings (SSSR count). The molecule has 1 atom stereocenters. The number of fused-ring (bicyclic) bond motifs is 2. The Bertz CT molecular complexity index is 1470. The van der Waals surface area contributed by atoms with E-state index >= 15 is 0 Å². The molecule has 0 N–H and O–H groups in total. The number of hydrogen-bond donors (Lipinski definition) is 0. The molecule has 0 saturated carbocycles. The van der Waals surface area contributed by atoms with E-state index in [0.29, 0.717) is 28.4 Å². The minimum Gasteiger partial charge on any atom is -0.450 e. The quantitative estimate of drug-likeness (QED) is 0.408. The van der Waals surface area contributed by atoms with Gasteiger partial charge in [0.05, 0.1) is 10.9 Å². The van der Waals surface area contributed by atoms with Crippen molar-refractivity contribution >= 4 is 33.3 Å². The maximum atomic E-state index is 15.0. The lowest BCUT2D eigenvalue weighted by atomic mass is 9.97. The van der Waals surface area contributed by atoms with Gasteiger partial charge in [0.1, 0.15) is 22.4 Å². The molecule has 0 fully saturated rings. The number of amides is 1. The largest absolute Gasteiger partial charge is 0.450 e. The summed E-state index contributed by atoms with van der Waals surface area (Å²) in [5.74, 6) is -0.758. The van der Waals surface area contributed by atoms with Crippen LogP contribution in [0.5, 0.6) is 0 Å². The molecule has 0 bridgehead atoms. The van der Waals surface area contributed by atoms with Gasteiger partial charge in [-0.05, 0) is 49.1 Å². The average molecular weight is 464 g/mol. The molecule has 2 aromatic heterocycles. The summed E-state index contributed by atoms with van der Waals surface area (Å²) in [4.78, 5) is 28.6. The van der Waals surface area contributed by atoms with Crippen molar-refractivity contribution in [2.75, 3.05) is 4.90 Å². The molecule has 0 radical (unpaired) electrons. The minimum atomic E-state index is -0.990. The van der Waals surface area contributed by atoms with Crippen LogP contribution in [0.15, 0.2) is 45.6 Å². The van der Waals surface area contributed by atoms with Gasteiger partial charge >= 0.3 is 0 Å². The molecule has 33 heavy (non-hydrogen) atoms.